The van der Waals surface area contributed by atoms with Crippen molar-refractivity contribution < 1.29 is 14.9 Å². The summed E-state index contributed by atoms with van der Waals surface area (Å²) in [7, 11) is 0. The molecule has 0 aliphatic heterocycles. The van der Waals surface area contributed by atoms with Crippen LogP contribution in [0.25, 0.3) is 0 Å². The van der Waals surface area contributed by atoms with Crippen molar-refractivity contribution in [2.45, 2.75) is 38.5 Å². The molecule has 0 saturated carbocycles. The molecule has 0 radical (unpaired) electrons. The van der Waals surface area contributed by atoms with Crippen LogP contribution in [-0.2, 0) is 9.62 Å². The predicted molar refractivity (Wildman–Crippen MR) is 65.3 cm³/mol. The average Bonchev–Trinajstić information content (AvgIpc) is 2.31. The van der Waals surface area contributed by atoms with Crippen LogP contribution in [0.3, 0.4) is 0 Å². The number of allylic oxidation sites excluding steroid dienone is 2. The van der Waals surface area contributed by atoms with Gasteiger partial charge in [0.05, 0.1) is 6.61 Å². The van der Waals surface area contributed by atoms with Crippen LogP contribution in [0.1, 0.15) is 38.5 Å². The van der Waals surface area contributed by atoms with Crippen LogP contribution in [-0.4, -0.2) is 31.6 Å². The molecule has 0 unspecified atom stereocenters. The summed E-state index contributed by atoms with van der Waals surface area (Å²) in [5.74, 6) is 0. The summed E-state index contributed by atoms with van der Waals surface area (Å²) >= 11 is 0. The highest BCUT2D eigenvalue weighted by Crippen LogP contribution is 2.00. The van der Waals surface area contributed by atoms with Gasteiger partial charge in [0.2, 0.25) is 0 Å². The van der Waals surface area contributed by atoms with E-state index in [1.54, 1.807) is 0 Å². The van der Waals surface area contributed by atoms with E-state index in [0.717, 1.165) is 45.3 Å². The summed E-state index contributed by atoms with van der Waals surface area (Å²) in [6.45, 7) is 2.25. The van der Waals surface area contributed by atoms with Gasteiger partial charge >= 0.3 is 0 Å². The van der Waals surface area contributed by atoms with Crippen molar-refractivity contribution in [1.29, 1.82) is 0 Å². The highest BCUT2D eigenvalue weighted by atomic mass is 17.1. The number of nitrogens with two attached hydrogens (primary N) is 1. The van der Waals surface area contributed by atoms with Gasteiger partial charge in [-0.25, -0.2) is 4.89 Å². The smallest absolute Gasteiger partial charge is 0.105 e. The molecule has 0 aliphatic carbocycles. The largest absolute Gasteiger partial charge is 0.379 e. The Kier molecular flexibility index (Phi) is 14.2. The minimum Gasteiger partial charge on any atom is -0.379 e. The number of ether oxygens (including phenoxy) is 1. The Hall–Kier alpha value is -0.420. The van der Waals surface area contributed by atoms with Crippen molar-refractivity contribution in [1.82, 2.24) is 0 Å². The van der Waals surface area contributed by atoms with Crippen molar-refractivity contribution in [3.05, 3.63) is 12.2 Å². The Morgan fingerprint density at radius 1 is 0.875 bits per heavy atom. The molecular weight excluding hydrogens is 206 g/mol. The monoisotopic (exact) mass is 231 g/mol. The Bertz CT molecular complexity index is 151. The second-order valence-electron chi connectivity index (χ2n) is 3.70. The lowest BCUT2D eigenvalue weighted by Crippen LogP contribution is -2.02. The quantitative estimate of drug-likeness (QED) is 0.234. The minimum atomic E-state index is 0.251. The van der Waals surface area contributed by atoms with Crippen molar-refractivity contribution in [3.8, 4) is 0 Å². The first kappa shape index (κ1) is 15.6. The molecule has 4 nitrogen and oxygen atoms in total. The standard InChI is InChI=1S/C12H25NO3/c13-9-7-5-3-1-2-4-6-8-10-15-11-12-16-14/h1-2,14H,3-13H2/b2-1-. The molecular formula is C12H25NO3. The lowest BCUT2D eigenvalue weighted by atomic mass is 10.2. The molecule has 0 rings (SSSR count). The van der Waals surface area contributed by atoms with E-state index in [0.29, 0.717) is 6.61 Å². The molecule has 96 valence electrons. The Balaban J connectivity index is 2.97. The molecule has 4 heteroatoms. The lowest BCUT2D eigenvalue weighted by Gasteiger charge is -2.01. The van der Waals surface area contributed by atoms with Gasteiger partial charge in [-0.3, -0.25) is 5.26 Å². The summed E-state index contributed by atoms with van der Waals surface area (Å²) < 4.78 is 5.21. The molecule has 0 aromatic rings. The molecule has 0 saturated heterocycles. The van der Waals surface area contributed by atoms with Crippen molar-refractivity contribution in [3.63, 3.8) is 0 Å². The molecule has 0 heterocycles. The first-order valence-electron chi connectivity index (χ1n) is 6.11. The van der Waals surface area contributed by atoms with Gasteiger partial charge in [0.1, 0.15) is 6.61 Å². The van der Waals surface area contributed by atoms with Crippen LogP contribution in [0.15, 0.2) is 12.2 Å². The van der Waals surface area contributed by atoms with E-state index in [2.05, 4.69) is 17.0 Å². The van der Waals surface area contributed by atoms with Gasteiger partial charge in [-0.2, -0.15) is 0 Å². The first-order valence-corrected chi connectivity index (χ1v) is 6.11. The highest BCUT2D eigenvalue weighted by molar-refractivity contribution is 4.81. The zero-order valence-corrected chi connectivity index (χ0v) is 10.1. The summed E-state index contributed by atoms with van der Waals surface area (Å²) in [5.41, 5.74) is 5.40. The van der Waals surface area contributed by atoms with Gasteiger partial charge in [0.15, 0.2) is 0 Å². The number of hydrogen-bond donors (Lipinski definition) is 2. The summed E-state index contributed by atoms with van der Waals surface area (Å²) in [6.07, 6.45) is 11.2. The third-order valence-electron chi connectivity index (χ3n) is 2.22. The van der Waals surface area contributed by atoms with Gasteiger partial charge in [0.25, 0.3) is 0 Å². The van der Waals surface area contributed by atoms with Gasteiger partial charge in [-0.05, 0) is 45.1 Å². The first-order chi connectivity index (χ1) is 7.91. The predicted octanol–water partition coefficient (Wildman–Crippen LogP) is 2.35. The molecule has 0 fully saturated rings. The lowest BCUT2D eigenvalue weighted by molar-refractivity contribution is -0.249. The molecule has 0 aromatic carbocycles. The Morgan fingerprint density at radius 2 is 1.56 bits per heavy atom. The van der Waals surface area contributed by atoms with E-state index < -0.39 is 0 Å². The molecule has 0 amide bonds. The maximum atomic E-state index is 8.03. The molecule has 0 atom stereocenters. The van der Waals surface area contributed by atoms with Crippen molar-refractivity contribution in [2.75, 3.05) is 26.4 Å². The van der Waals surface area contributed by atoms with E-state index in [1.807, 2.05) is 0 Å². The Labute approximate surface area is 98.4 Å². The molecule has 0 aliphatic rings. The zero-order valence-electron chi connectivity index (χ0n) is 10.1. The Morgan fingerprint density at radius 3 is 2.19 bits per heavy atom. The fourth-order valence-corrected chi connectivity index (χ4v) is 1.31. The van der Waals surface area contributed by atoms with E-state index in [4.69, 9.17) is 15.7 Å². The van der Waals surface area contributed by atoms with Crippen LogP contribution in [0.4, 0.5) is 0 Å². The van der Waals surface area contributed by atoms with Gasteiger partial charge in [0, 0.05) is 6.61 Å². The second kappa shape index (κ2) is 14.6. The van der Waals surface area contributed by atoms with Crippen LogP contribution in [0, 0.1) is 0 Å². The van der Waals surface area contributed by atoms with Gasteiger partial charge in [-0.1, -0.05) is 12.2 Å². The molecule has 0 bridgehead atoms. The fourth-order valence-electron chi connectivity index (χ4n) is 1.31. The van der Waals surface area contributed by atoms with Gasteiger partial charge in [-0.15, -0.1) is 0 Å². The van der Waals surface area contributed by atoms with Crippen molar-refractivity contribution in [2.24, 2.45) is 5.73 Å². The zero-order chi connectivity index (χ0) is 11.9. The number of hydrogen-bond acceptors (Lipinski definition) is 4. The SMILES string of the molecule is NCCCC/C=C\CCCCOCCOO. The number of unbranched alkanes of at least 4 members (excludes halogenated alkanes) is 4. The third-order valence-corrected chi connectivity index (χ3v) is 2.22. The second-order valence-corrected chi connectivity index (χ2v) is 3.70. The van der Waals surface area contributed by atoms with E-state index in [9.17, 15) is 0 Å². The molecule has 0 spiro atoms. The van der Waals surface area contributed by atoms with Crippen LogP contribution < -0.4 is 5.73 Å². The highest BCUT2D eigenvalue weighted by Gasteiger charge is 1.89. The molecule has 16 heavy (non-hydrogen) atoms. The van der Waals surface area contributed by atoms with E-state index in [-0.39, 0.29) is 6.61 Å². The third kappa shape index (κ3) is 13.6. The summed E-state index contributed by atoms with van der Waals surface area (Å²) in [4.78, 5) is 3.89. The molecule has 0 aromatic heterocycles. The number of rotatable bonds is 12. The van der Waals surface area contributed by atoms with E-state index >= 15 is 0 Å². The maximum Gasteiger partial charge on any atom is 0.105 e. The van der Waals surface area contributed by atoms with E-state index in [1.165, 1.54) is 6.42 Å². The van der Waals surface area contributed by atoms with Crippen LogP contribution in [0.5, 0.6) is 0 Å². The normalized spacial score (nSPS) is 11.4. The maximum absolute atomic E-state index is 8.03. The summed E-state index contributed by atoms with van der Waals surface area (Å²) in [5, 5.41) is 8.03. The molecule has 3 N–H and O–H groups in total. The van der Waals surface area contributed by atoms with Crippen molar-refractivity contribution >= 4 is 0 Å². The fraction of sp³-hybridized carbons (Fsp3) is 0.833. The van der Waals surface area contributed by atoms with Crippen LogP contribution >= 0.6 is 0 Å². The summed E-state index contributed by atoms with van der Waals surface area (Å²) in [6, 6.07) is 0. The van der Waals surface area contributed by atoms with Crippen LogP contribution in [0.2, 0.25) is 0 Å². The van der Waals surface area contributed by atoms with Gasteiger partial charge < -0.3 is 10.5 Å². The average molecular weight is 231 g/mol. The topological polar surface area (TPSA) is 64.7 Å². The minimum absolute atomic E-state index is 0.251.